The molecule has 2 fully saturated rings. The van der Waals surface area contributed by atoms with E-state index in [1.165, 1.54) is 9.21 Å². The van der Waals surface area contributed by atoms with Crippen molar-refractivity contribution in [3.63, 3.8) is 0 Å². The van der Waals surface area contributed by atoms with Crippen molar-refractivity contribution in [3.8, 4) is 0 Å². The quantitative estimate of drug-likeness (QED) is 0.653. The summed E-state index contributed by atoms with van der Waals surface area (Å²) in [6, 6.07) is -1.70. The van der Waals surface area contributed by atoms with Crippen LogP contribution in [0, 0.1) is 5.92 Å². The van der Waals surface area contributed by atoms with Crippen LogP contribution in [0.4, 0.5) is 13.2 Å². The molecule has 0 aromatic heterocycles. The zero-order valence-corrected chi connectivity index (χ0v) is 16.2. The van der Waals surface area contributed by atoms with Crippen molar-refractivity contribution in [2.75, 3.05) is 52.1 Å². The van der Waals surface area contributed by atoms with Crippen LogP contribution in [0.3, 0.4) is 0 Å². The maximum Gasteiger partial charge on any atom is 0.405 e. The monoisotopic (exact) mass is 422 g/mol. The fourth-order valence-corrected chi connectivity index (χ4v) is 4.11. The summed E-state index contributed by atoms with van der Waals surface area (Å²) in [6.07, 6.45) is -2.66. The van der Waals surface area contributed by atoms with Crippen molar-refractivity contribution in [1.82, 2.24) is 19.8 Å². The molecule has 1 amide bonds. The molecule has 26 heavy (non-hydrogen) atoms. The number of piperazine rings is 1. The molecule has 2 aliphatic rings. The third-order valence-electron chi connectivity index (χ3n) is 4.73. The Bertz CT molecular complexity index is 562. The van der Waals surface area contributed by atoms with Crippen molar-refractivity contribution in [2.45, 2.75) is 25.1 Å². The van der Waals surface area contributed by atoms with Gasteiger partial charge in [0.05, 0.1) is 6.26 Å². The molecular weight excluding hydrogens is 397 g/mol. The fraction of sp³-hybridized carbons (Fsp3) is 0.929. The first kappa shape index (κ1) is 23.4. The molecule has 12 heteroatoms. The average Bonchev–Trinajstić information content (AvgIpc) is 2.54. The summed E-state index contributed by atoms with van der Waals surface area (Å²) in [7, 11) is -3.29. The summed E-state index contributed by atoms with van der Waals surface area (Å²) in [4.78, 5) is 13.5. The lowest BCUT2D eigenvalue weighted by Crippen LogP contribution is -2.58. The number of rotatable bonds is 5. The molecule has 1 atom stereocenters. The molecule has 0 aromatic carbocycles. The minimum atomic E-state index is -4.41. The van der Waals surface area contributed by atoms with Gasteiger partial charge in [0.2, 0.25) is 15.9 Å². The van der Waals surface area contributed by atoms with Crippen LogP contribution in [-0.2, 0) is 14.8 Å². The minimum Gasteiger partial charge on any atom is -0.354 e. The average molecular weight is 423 g/mol. The zero-order chi connectivity index (χ0) is 18.7. The normalized spacial score (nSPS) is 22.5. The number of hydrogen-bond acceptors (Lipinski definition) is 5. The number of alkyl halides is 3. The smallest absolute Gasteiger partial charge is 0.354 e. The Labute approximate surface area is 158 Å². The number of hydrogen-bond donors (Lipinski definition) is 2. The third-order valence-corrected chi connectivity index (χ3v) is 6.04. The van der Waals surface area contributed by atoms with Gasteiger partial charge in [-0.2, -0.15) is 13.2 Å². The van der Waals surface area contributed by atoms with E-state index in [1.54, 1.807) is 0 Å². The SMILES string of the molecule is CS(=O)(=O)N1CCC(C(=O)NCC(N2CCNCC2)C(F)(F)F)CC1.Cl. The highest BCUT2D eigenvalue weighted by atomic mass is 35.5. The molecule has 2 heterocycles. The Morgan fingerprint density at radius 2 is 1.73 bits per heavy atom. The molecule has 154 valence electrons. The number of nitrogens with one attached hydrogen (secondary N) is 2. The summed E-state index contributed by atoms with van der Waals surface area (Å²) < 4.78 is 64.1. The molecular formula is C14H26ClF3N4O3S. The Morgan fingerprint density at radius 1 is 1.19 bits per heavy atom. The van der Waals surface area contributed by atoms with Gasteiger partial charge in [-0.15, -0.1) is 12.4 Å². The lowest BCUT2D eigenvalue weighted by Gasteiger charge is -2.36. The van der Waals surface area contributed by atoms with Gasteiger partial charge in [-0.25, -0.2) is 12.7 Å². The molecule has 2 N–H and O–H groups in total. The summed E-state index contributed by atoms with van der Waals surface area (Å²) in [5.41, 5.74) is 0. The molecule has 0 bridgehead atoms. The lowest BCUT2D eigenvalue weighted by molar-refractivity contribution is -0.184. The molecule has 2 rings (SSSR count). The van der Waals surface area contributed by atoms with Gasteiger partial charge in [-0.05, 0) is 12.8 Å². The van der Waals surface area contributed by atoms with E-state index in [1.807, 2.05) is 0 Å². The van der Waals surface area contributed by atoms with Crippen molar-refractivity contribution >= 4 is 28.3 Å². The van der Waals surface area contributed by atoms with E-state index in [4.69, 9.17) is 0 Å². The second-order valence-electron chi connectivity index (χ2n) is 6.52. The molecule has 0 radical (unpaired) electrons. The molecule has 2 saturated heterocycles. The van der Waals surface area contributed by atoms with Crippen LogP contribution in [0.1, 0.15) is 12.8 Å². The number of sulfonamides is 1. The molecule has 0 saturated carbocycles. The van der Waals surface area contributed by atoms with Crippen LogP contribution in [0.2, 0.25) is 0 Å². The summed E-state index contributed by atoms with van der Waals surface area (Å²) in [6.45, 7) is 1.51. The van der Waals surface area contributed by atoms with E-state index in [-0.39, 0.29) is 38.6 Å². The summed E-state index contributed by atoms with van der Waals surface area (Å²) in [5.74, 6) is -0.882. The van der Waals surface area contributed by atoms with Gasteiger partial charge >= 0.3 is 6.18 Å². The first-order valence-electron chi connectivity index (χ1n) is 8.33. The molecule has 2 aliphatic heterocycles. The Balaban J connectivity index is 0.00000338. The van der Waals surface area contributed by atoms with Crippen molar-refractivity contribution in [1.29, 1.82) is 0 Å². The van der Waals surface area contributed by atoms with Gasteiger partial charge in [0.15, 0.2) is 0 Å². The highest BCUT2D eigenvalue weighted by Crippen LogP contribution is 2.25. The third kappa shape index (κ3) is 6.52. The molecule has 7 nitrogen and oxygen atoms in total. The fourth-order valence-electron chi connectivity index (χ4n) is 3.24. The Morgan fingerprint density at radius 3 is 2.19 bits per heavy atom. The number of amides is 1. The van der Waals surface area contributed by atoms with Crippen molar-refractivity contribution in [3.05, 3.63) is 0 Å². The number of carbonyl (C=O) groups is 1. The predicted octanol–water partition coefficient (Wildman–Crippen LogP) is 0.0321. The van der Waals surface area contributed by atoms with Crippen LogP contribution < -0.4 is 10.6 Å². The molecule has 1 unspecified atom stereocenters. The van der Waals surface area contributed by atoms with Gasteiger partial charge in [0, 0.05) is 51.7 Å². The van der Waals surface area contributed by atoms with Crippen LogP contribution in [0.25, 0.3) is 0 Å². The van der Waals surface area contributed by atoms with Gasteiger partial charge in [-0.3, -0.25) is 9.69 Å². The maximum absolute atomic E-state index is 13.3. The number of carbonyl (C=O) groups excluding carboxylic acids is 1. The zero-order valence-electron chi connectivity index (χ0n) is 14.6. The standard InChI is InChI=1S/C14H25F3N4O3S.ClH/c1-25(23,24)21-6-2-11(3-7-21)13(22)19-10-12(14(15,16)17)20-8-4-18-5-9-20;/h11-12,18H,2-10H2,1H3,(H,19,22);1H. The highest BCUT2D eigenvalue weighted by molar-refractivity contribution is 7.88. The van der Waals surface area contributed by atoms with Crippen LogP contribution in [0.5, 0.6) is 0 Å². The van der Waals surface area contributed by atoms with E-state index in [9.17, 15) is 26.4 Å². The topological polar surface area (TPSA) is 81.8 Å². The Kier molecular flexibility index (Phi) is 8.59. The molecule has 0 aliphatic carbocycles. The van der Waals surface area contributed by atoms with E-state index in [2.05, 4.69) is 10.6 Å². The van der Waals surface area contributed by atoms with E-state index in [0.29, 0.717) is 25.9 Å². The van der Waals surface area contributed by atoms with E-state index in [0.717, 1.165) is 6.26 Å². The number of halogens is 4. The van der Waals surface area contributed by atoms with Gasteiger partial charge in [0.1, 0.15) is 6.04 Å². The number of nitrogens with zero attached hydrogens (tertiary/aromatic N) is 2. The second kappa shape index (κ2) is 9.54. The Hall–Kier alpha value is -0.620. The second-order valence-corrected chi connectivity index (χ2v) is 8.51. The lowest BCUT2D eigenvalue weighted by atomic mass is 9.97. The van der Waals surface area contributed by atoms with Crippen LogP contribution in [-0.4, -0.2) is 87.8 Å². The molecule has 0 spiro atoms. The molecule has 0 aromatic rings. The summed E-state index contributed by atoms with van der Waals surface area (Å²) in [5, 5.41) is 5.42. The highest BCUT2D eigenvalue weighted by Gasteiger charge is 2.44. The van der Waals surface area contributed by atoms with Gasteiger partial charge < -0.3 is 10.6 Å². The summed E-state index contributed by atoms with van der Waals surface area (Å²) >= 11 is 0. The van der Waals surface area contributed by atoms with Crippen LogP contribution in [0.15, 0.2) is 0 Å². The van der Waals surface area contributed by atoms with Crippen molar-refractivity contribution in [2.24, 2.45) is 5.92 Å². The maximum atomic E-state index is 13.3. The van der Waals surface area contributed by atoms with E-state index < -0.39 is 40.6 Å². The predicted molar refractivity (Wildman–Crippen MR) is 93.7 cm³/mol. The van der Waals surface area contributed by atoms with Crippen LogP contribution >= 0.6 is 12.4 Å². The minimum absolute atomic E-state index is 0. The number of piperidine rings is 1. The first-order chi connectivity index (χ1) is 11.6. The van der Waals surface area contributed by atoms with Crippen molar-refractivity contribution < 1.29 is 26.4 Å². The first-order valence-corrected chi connectivity index (χ1v) is 10.2. The van der Waals surface area contributed by atoms with Gasteiger partial charge in [0.25, 0.3) is 0 Å². The van der Waals surface area contributed by atoms with E-state index >= 15 is 0 Å². The van der Waals surface area contributed by atoms with Gasteiger partial charge in [-0.1, -0.05) is 0 Å². The largest absolute Gasteiger partial charge is 0.405 e.